The number of nitrogens with one attached hydrogen (secondary N) is 1. The van der Waals surface area contributed by atoms with Gasteiger partial charge in [0, 0.05) is 19.7 Å². The van der Waals surface area contributed by atoms with Crippen molar-refractivity contribution in [3.63, 3.8) is 0 Å². The third kappa shape index (κ3) is 5.08. The van der Waals surface area contributed by atoms with Crippen LogP contribution in [0.25, 0.3) is 0 Å². The van der Waals surface area contributed by atoms with Crippen molar-refractivity contribution in [2.75, 3.05) is 19.7 Å². The van der Waals surface area contributed by atoms with Gasteiger partial charge in [-0.25, -0.2) is 0 Å². The van der Waals surface area contributed by atoms with Crippen LogP contribution in [0.2, 0.25) is 0 Å². The summed E-state index contributed by atoms with van der Waals surface area (Å²) in [7, 11) is 0. The largest absolute Gasteiger partial charge is 0.467 e. The molecular formula is C18H26N2O2S. The van der Waals surface area contributed by atoms with Gasteiger partial charge < -0.3 is 19.4 Å². The van der Waals surface area contributed by atoms with Gasteiger partial charge in [-0.2, -0.15) is 0 Å². The average molecular weight is 334 g/mol. The van der Waals surface area contributed by atoms with Gasteiger partial charge in [0.25, 0.3) is 0 Å². The zero-order valence-electron chi connectivity index (χ0n) is 13.6. The first-order valence-electron chi connectivity index (χ1n) is 8.63. The summed E-state index contributed by atoms with van der Waals surface area (Å²) >= 11 is 5.65. The first-order chi connectivity index (χ1) is 11.3. The Morgan fingerprint density at radius 3 is 2.96 bits per heavy atom. The first-order valence-corrected chi connectivity index (χ1v) is 9.04. The summed E-state index contributed by atoms with van der Waals surface area (Å²) in [6, 6.07) is 3.87. The second-order valence-corrected chi connectivity index (χ2v) is 6.82. The van der Waals surface area contributed by atoms with Gasteiger partial charge >= 0.3 is 0 Å². The molecule has 0 unspecified atom stereocenters. The van der Waals surface area contributed by atoms with Crippen molar-refractivity contribution < 1.29 is 9.15 Å². The molecule has 1 N–H and O–H groups in total. The minimum absolute atomic E-state index is 0.317. The molecule has 3 rings (SSSR count). The highest BCUT2D eigenvalue weighted by Crippen LogP contribution is 2.21. The van der Waals surface area contributed by atoms with Gasteiger partial charge in [0.15, 0.2) is 5.11 Å². The van der Waals surface area contributed by atoms with E-state index in [0.717, 1.165) is 49.8 Å². The highest BCUT2D eigenvalue weighted by molar-refractivity contribution is 7.80. The summed E-state index contributed by atoms with van der Waals surface area (Å²) in [5.74, 6) is 1.59. The quantitative estimate of drug-likeness (QED) is 0.637. The van der Waals surface area contributed by atoms with Gasteiger partial charge in [0.1, 0.15) is 5.76 Å². The van der Waals surface area contributed by atoms with Gasteiger partial charge in [-0.05, 0) is 62.4 Å². The summed E-state index contributed by atoms with van der Waals surface area (Å²) in [6.07, 6.45) is 12.5. The summed E-state index contributed by atoms with van der Waals surface area (Å²) in [4.78, 5) is 2.30. The number of allylic oxidation sites excluding steroid dienone is 2. The van der Waals surface area contributed by atoms with Crippen molar-refractivity contribution in [3.05, 3.63) is 36.3 Å². The topological polar surface area (TPSA) is 37.6 Å². The first kappa shape index (κ1) is 16.5. The molecule has 4 nitrogen and oxygen atoms in total. The predicted molar refractivity (Wildman–Crippen MR) is 95.2 cm³/mol. The molecule has 5 heteroatoms. The maximum atomic E-state index is 5.81. The fraction of sp³-hybridized carbons (Fsp3) is 0.611. The van der Waals surface area contributed by atoms with Gasteiger partial charge in [-0.15, -0.1) is 0 Å². The van der Waals surface area contributed by atoms with E-state index in [2.05, 4.69) is 22.4 Å². The Morgan fingerprint density at radius 2 is 2.26 bits per heavy atom. The van der Waals surface area contributed by atoms with Crippen molar-refractivity contribution in [1.82, 2.24) is 10.2 Å². The molecule has 23 heavy (non-hydrogen) atoms. The van der Waals surface area contributed by atoms with Crippen molar-refractivity contribution in [3.8, 4) is 0 Å². The highest BCUT2D eigenvalue weighted by Gasteiger charge is 2.23. The molecule has 0 saturated carbocycles. The number of ether oxygens (including phenoxy) is 1. The van der Waals surface area contributed by atoms with Crippen LogP contribution in [0.15, 0.2) is 35.0 Å². The van der Waals surface area contributed by atoms with E-state index in [1.807, 2.05) is 12.1 Å². The standard InChI is InChI=1S/C18H26N2O2S/c23-18(19-12-16-8-4-10-21-16)20(14-17-9-5-11-22-17)13-15-6-2-1-3-7-15/h1-2,4,8,10,15,17H,3,5-7,9,11-14H2,(H,19,23)/t15-,17+/m0/s1. The summed E-state index contributed by atoms with van der Waals surface area (Å²) in [5.41, 5.74) is 0. The number of thiocarbonyl (C=S) groups is 1. The van der Waals surface area contributed by atoms with Crippen LogP contribution in [0.4, 0.5) is 0 Å². The van der Waals surface area contributed by atoms with Crippen LogP contribution in [0, 0.1) is 5.92 Å². The molecule has 1 fully saturated rings. The van der Waals surface area contributed by atoms with E-state index in [1.165, 1.54) is 12.8 Å². The van der Waals surface area contributed by atoms with Crippen LogP contribution in [-0.4, -0.2) is 35.8 Å². The van der Waals surface area contributed by atoms with Crippen LogP contribution >= 0.6 is 12.2 Å². The third-order valence-corrected chi connectivity index (χ3v) is 4.99. The monoisotopic (exact) mass is 334 g/mol. The van der Waals surface area contributed by atoms with E-state index in [-0.39, 0.29) is 0 Å². The second kappa shape index (κ2) is 8.50. The number of nitrogens with zero attached hydrogens (tertiary/aromatic N) is 1. The number of rotatable bonds is 6. The van der Waals surface area contributed by atoms with Gasteiger partial charge in [0.2, 0.25) is 0 Å². The molecule has 0 amide bonds. The molecule has 2 atom stereocenters. The average Bonchev–Trinajstić information content (AvgIpc) is 3.26. The smallest absolute Gasteiger partial charge is 0.169 e. The zero-order valence-corrected chi connectivity index (χ0v) is 14.4. The second-order valence-electron chi connectivity index (χ2n) is 6.43. The molecule has 1 aromatic rings. The summed E-state index contributed by atoms with van der Waals surface area (Å²) in [6.45, 7) is 3.42. The summed E-state index contributed by atoms with van der Waals surface area (Å²) < 4.78 is 11.2. The van der Waals surface area contributed by atoms with Gasteiger partial charge in [-0.3, -0.25) is 0 Å². The van der Waals surface area contributed by atoms with Crippen LogP contribution in [0.1, 0.15) is 37.9 Å². The zero-order chi connectivity index (χ0) is 15.9. The van der Waals surface area contributed by atoms with Crippen LogP contribution in [-0.2, 0) is 11.3 Å². The lowest BCUT2D eigenvalue weighted by Crippen LogP contribution is -2.45. The van der Waals surface area contributed by atoms with Crippen molar-refractivity contribution in [2.45, 2.75) is 44.8 Å². The Balaban J connectivity index is 1.55. The Bertz CT molecular complexity index is 509. The van der Waals surface area contributed by atoms with E-state index in [0.29, 0.717) is 18.6 Å². The molecule has 2 aliphatic rings. The molecule has 2 heterocycles. The lowest BCUT2D eigenvalue weighted by Gasteiger charge is -2.32. The fourth-order valence-corrected chi connectivity index (χ4v) is 3.52. The van der Waals surface area contributed by atoms with Crippen LogP contribution in [0.5, 0.6) is 0 Å². The van der Waals surface area contributed by atoms with Crippen molar-refractivity contribution in [1.29, 1.82) is 0 Å². The molecular weight excluding hydrogens is 308 g/mol. The Labute approximate surface area is 143 Å². The maximum absolute atomic E-state index is 5.81. The van der Waals surface area contributed by atoms with E-state index in [4.69, 9.17) is 21.4 Å². The van der Waals surface area contributed by atoms with Gasteiger partial charge in [-0.1, -0.05) is 12.2 Å². The van der Waals surface area contributed by atoms with Crippen LogP contribution < -0.4 is 5.32 Å². The van der Waals surface area contributed by atoms with E-state index in [1.54, 1.807) is 6.26 Å². The SMILES string of the molecule is S=C(NCc1ccco1)N(C[C@H]1CC=CCC1)C[C@H]1CCCO1. The summed E-state index contributed by atoms with van der Waals surface area (Å²) in [5, 5.41) is 4.15. The third-order valence-electron chi connectivity index (χ3n) is 4.59. The molecule has 0 aromatic carbocycles. The predicted octanol–water partition coefficient (Wildman–Crippen LogP) is 3.49. The lowest BCUT2D eigenvalue weighted by atomic mass is 9.94. The molecule has 1 aliphatic carbocycles. The lowest BCUT2D eigenvalue weighted by molar-refractivity contribution is 0.0873. The van der Waals surface area contributed by atoms with Crippen LogP contribution in [0.3, 0.4) is 0 Å². The van der Waals surface area contributed by atoms with Crippen molar-refractivity contribution >= 4 is 17.3 Å². The number of hydrogen-bond acceptors (Lipinski definition) is 3. The molecule has 0 spiro atoms. The number of furan rings is 1. The molecule has 0 radical (unpaired) electrons. The van der Waals surface area contributed by atoms with E-state index in [9.17, 15) is 0 Å². The molecule has 1 aromatic heterocycles. The Hall–Kier alpha value is -1.33. The van der Waals surface area contributed by atoms with E-state index < -0.39 is 0 Å². The molecule has 0 bridgehead atoms. The normalized spacial score (nSPS) is 23.8. The molecule has 1 aliphatic heterocycles. The maximum Gasteiger partial charge on any atom is 0.169 e. The molecule has 126 valence electrons. The molecule has 1 saturated heterocycles. The van der Waals surface area contributed by atoms with E-state index >= 15 is 0 Å². The Morgan fingerprint density at radius 1 is 1.30 bits per heavy atom. The fourth-order valence-electron chi connectivity index (χ4n) is 3.30. The minimum Gasteiger partial charge on any atom is -0.467 e. The Kier molecular flexibility index (Phi) is 6.11. The number of hydrogen-bond donors (Lipinski definition) is 1. The highest BCUT2D eigenvalue weighted by atomic mass is 32.1. The van der Waals surface area contributed by atoms with Gasteiger partial charge in [0.05, 0.1) is 18.9 Å². The minimum atomic E-state index is 0.317. The van der Waals surface area contributed by atoms with Crippen molar-refractivity contribution in [2.24, 2.45) is 5.92 Å².